The van der Waals surface area contributed by atoms with Gasteiger partial charge in [-0.2, -0.15) is 0 Å². The van der Waals surface area contributed by atoms with Crippen LogP contribution < -0.4 is 16.0 Å². The number of carbonyl (C=O) groups excluding carboxylic acids is 3. The molecule has 0 fully saturated rings. The zero-order chi connectivity index (χ0) is 31.1. The molecule has 1 unspecified atom stereocenters. The van der Waals surface area contributed by atoms with Gasteiger partial charge in [0.05, 0.1) is 24.0 Å². The van der Waals surface area contributed by atoms with Crippen LogP contribution in [0.15, 0.2) is 59.5 Å². The normalized spacial score (nSPS) is 13.4. The predicted octanol–water partition coefficient (Wildman–Crippen LogP) is 7.15. The lowest BCUT2D eigenvalue weighted by Crippen LogP contribution is -2.39. The molecule has 0 radical (unpaired) electrons. The fourth-order valence-electron chi connectivity index (χ4n) is 4.33. The highest BCUT2D eigenvalue weighted by Crippen LogP contribution is 2.38. The van der Waals surface area contributed by atoms with Gasteiger partial charge in [-0.25, -0.2) is 9.59 Å². The van der Waals surface area contributed by atoms with Crippen LogP contribution in [-0.4, -0.2) is 52.0 Å². The summed E-state index contributed by atoms with van der Waals surface area (Å²) in [6.45, 7) is 9.92. The van der Waals surface area contributed by atoms with Crippen LogP contribution >= 0.6 is 35.3 Å². The first-order chi connectivity index (χ1) is 20.4. The molecule has 12 heteroatoms. The van der Waals surface area contributed by atoms with Gasteiger partial charge in [0.2, 0.25) is 5.91 Å². The topological polar surface area (TPSA) is 109 Å². The van der Waals surface area contributed by atoms with E-state index in [9.17, 15) is 14.4 Å². The Morgan fingerprint density at radius 1 is 1.05 bits per heavy atom. The number of hydrogen-bond acceptors (Lipinski definition) is 8. The van der Waals surface area contributed by atoms with Crippen LogP contribution in [0.5, 0.6) is 0 Å². The summed E-state index contributed by atoms with van der Waals surface area (Å²) in [5.41, 5.74) is 2.22. The van der Waals surface area contributed by atoms with Gasteiger partial charge in [0, 0.05) is 27.7 Å². The van der Waals surface area contributed by atoms with Gasteiger partial charge in [-0.1, -0.05) is 24.3 Å². The van der Waals surface area contributed by atoms with Gasteiger partial charge in [0.1, 0.15) is 10.6 Å². The number of rotatable bonds is 8. The minimum atomic E-state index is -0.615. The number of esters is 1. The number of benzene rings is 2. The van der Waals surface area contributed by atoms with Gasteiger partial charge in [0.25, 0.3) is 0 Å². The van der Waals surface area contributed by atoms with Gasteiger partial charge in [-0.3, -0.25) is 4.79 Å². The maximum absolute atomic E-state index is 13.3. The van der Waals surface area contributed by atoms with Crippen molar-refractivity contribution in [1.82, 2.24) is 4.90 Å². The molecular formula is C31H36N4O5S3. The Kier molecular flexibility index (Phi) is 10.7. The van der Waals surface area contributed by atoms with E-state index in [4.69, 9.17) is 21.7 Å². The summed E-state index contributed by atoms with van der Waals surface area (Å²) in [4.78, 5) is 42.3. The standard InChI is InChI=1S/C31H36N4O5S3/c1-6-39-28(37)25-23-15-16-35(30(38)40-31(3,4)5)18-24(23)43-27(25)34-26(36)19(2)42-22-14-10-13-21(17-22)33-29(41)32-20-11-8-7-9-12-20/h7-14,17,19H,6,15-16,18H2,1-5H3,(H,34,36)(H2,32,33,41). The molecule has 1 atom stereocenters. The van der Waals surface area contributed by atoms with E-state index in [2.05, 4.69) is 16.0 Å². The number of thiocarbonyl (C=S) groups is 1. The first kappa shape index (κ1) is 32.3. The van der Waals surface area contributed by atoms with E-state index < -0.39 is 22.9 Å². The van der Waals surface area contributed by atoms with E-state index in [1.54, 1.807) is 11.8 Å². The summed E-state index contributed by atoms with van der Waals surface area (Å²) in [6, 6.07) is 17.3. The van der Waals surface area contributed by atoms with Crippen molar-refractivity contribution >= 4 is 74.8 Å². The van der Waals surface area contributed by atoms with Crippen LogP contribution in [0.1, 0.15) is 55.4 Å². The first-order valence-corrected chi connectivity index (χ1v) is 16.0. The molecule has 0 aliphatic carbocycles. The van der Waals surface area contributed by atoms with Crippen molar-refractivity contribution in [2.24, 2.45) is 0 Å². The number of fused-ring (bicyclic) bond motifs is 1. The van der Waals surface area contributed by atoms with Crippen LogP contribution in [0.2, 0.25) is 0 Å². The maximum Gasteiger partial charge on any atom is 0.410 e. The molecule has 0 bridgehead atoms. The molecule has 0 spiro atoms. The number of thiophene rings is 1. The van der Waals surface area contributed by atoms with E-state index >= 15 is 0 Å². The number of nitrogens with zero attached hydrogens (tertiary/aromatic N) is 1. The molecule has 2 heterocycles. The SMILES string of the molecule is CCOC(=O)c1c(NC(=O)C(C)Sc2cccc(NC(=S)Nc3ccccc3)c2)sc2c1CCN(C(=O)OC(C)(C)C)C2. The van der Waals surface area contributed by atoms with Gasteiger partial charge in [-0.15, -0.1) is 23.1 Å². The molecule has 1 aliphatic rings. The van der Waals surface area contributed by atoms with Crippen LogP contribution in [0.4, 0.5) is 21.2 Å². The Morgan fingerprint density at radius 2 is 1.74 bits per heavy atom. The van der Waals surface area contributed by atoms with Crippen molar-refractivity contribution in [3.63, 3.8) is 0 Å². The minimum absolute atomic E-state index is 0.210. The second kappa shape index (κ2) is 14.2. The molecule has 0 saturated carbocycles. The maximum atomic E-state index is 13.3. The second-order valence-electron chi connectivity index (χ2n) is 10.8. The fourth-order valence-corrected chi connectivity index (χ4v) is 6.74. The quantitative estimate of drug-likeness (QED) is 0.134. The third kappa shape index (κ3) is 8.94. The Morgan fingerprint density at radius 3 is 2.44 bits per heavy atom. The predicted molar refractivity (Wildman–Crippen MR) is 177 cm³/mol. The number of ether oxygens (including phenoxy) is 2. The third-order valence-electron chi connectivity index (χ3n) is 6.23. The summed E-state index contributed by atoms with van der Waals surface area (Å²) >= 11 is 8.12. The summed E-state index contributed by atoms with van der Waals surface area (Å²) in [6.07, 6.45) is 0.0494. The number of anilines is 3. The van der Waals surface area contributed by atoms with Crippen molar-refractivity contribution in [1.29, 1.82) is 0 Å². The van der Waals surface area contributed by atoms with Gasteiger partial charge < -0.3 is 30.3 Å². The molecular weight excluding hydrogens is 605 g/mol. The summed E-state index contributed by atoms with van der Waals surface area (Å²) in [7, 11) is 0. The van der Waals surface area contributed by atoms with Gasteiger partial charge in [-0.05, 0) is 89.2 Å². The Balaban J connectivity index is 1.44. The van der Waals surface area contributed by atoms with E-state index in [1.807, 2.05) is 82.3 Å². The molecule has 228 valence electrons. The Hall–Kier alpha value is -3.61. The Bertz CT molecular complexity index is 1490. The molecule has 43 heavy (non-hydrogen) atoms. The fraction of sp³-hybridized carbons (Fsp3) is 0.355. The lowest BCUT2D eigenvalue weighted by molar-refractivity contribution is -0.115. The monoisotopic (exact) mass is 640 g/mol. The number of carbonyl (C=O) groups is 3. The molecule has 1 aliphatic heterocycles. The van der Waals surface area contributed by atoms with E-state index in [0.29, 0.717) is 35.2 Å². The summed E-state index contributed by atoms with van der Waals surface area (Å²) < 4.78 is 10.9. The highest BCUT2D eigenvalue weighted by Gasteiger charge is 2.33. The van der Waals surface area contributed by atoms with E-state index in [0.717, 1.165) is 26.7 Å². The molecule has 4 rings (SSSR count). The average molecular weight is 641 g/mol. The molecule has 2 amide bonds. The lowest BCUT2D eigenvalue weighted by Gasteiger charge is -2.30. The molecule has 2 aromatic carbocycles. The highest BCUT2D eigenvalue weighted by atomic mass is 32.2. The van der Waals surface area contributed by atoms with Crippen molar-refractivity contribution < 1.29 is 23.9 Å². The van der Waals surface area contributed by atoms with Crippen molar-refractivity contribution in [2.45, 2.75) is 63.3 Å². The van der Waals surface area contributed by atoms with Crippen molar-refractivity contribution in [2.75, 3.05) is 29.1 Å². The number of thioether (sulfide) groups is 1. The third-order valence-corrected chi connectivity index (χ3v) is 8.66. The zero-order valence-electron chi connectivity index (χ0n) is 24.8. The summed E-state index contributed by atoms with van der Waals surface area (Å²) in [5.74, 6) is -0.738. The largest absolute Gasteiger partial charge is 0.462 e. The molecule has 9 nitrogen and oxygen atoms in total. The molecule has 0 saturated heterocycles. The zero-order valence-corrected chi connectivity index (χ0v) is 27.3. The van der Waals surface area contributed by atoms with Crippen LogP contribution in [-0.2, 0) is 27.2 Å². The highest BCUT2D eigenvalue weighted by molar-refractivity contribution is 8.00. The minimum Gasteiger partial charge on any atom is -0.462 e. The van der Waals surface area contributed by atoms with Gasteiger partial charge >= 0.3 is 12.1 Å². The number of nitrogens with one attached hydrogen (secondary N) is 3. The van der Waals surface area contributed by atoms with E-state index in [-0.39, 0.29) is 12.5 Å². The smallest absolute Gasteiger partial charge is 0.410 e. The first-order valence-electron chi connectivity index (χ1n) is 13.9. The summed E-state index contributed by atoms with van der Waals surface area (Å²) in [5, 5.41) is 9.69. The number of para-hydroxylation sites is 1. The average Bonchev–Trinajstić information content (AvgIpc) is 3.30. The van der Waals surface area contributed by atoms with Crippen LogP contribution in [0.25, 0.3) is 0 Å². The Labute approximate surface area is 265 Å². The number of hydrogen-bond donors (Lipinski definition) is 3. The lowest BCUT2D eigenvalue weighted by atomic mass is 10.0. The van der Waals surface area contributed by atoms with Crippen molar-refractivity contribution in [3.05, 3.63) is 70.6 Å². The van der Waals surface area contributed by atoms with Crippen LogP contribution in [0.3, 0.4) is 0 Å². The molecule has 3 N–H and O–H groups in total. The van der Waals surface area contributed by atoms with E-state index in [1.165, 1.54) is 23.1 Å². The number of amides is 2. The molecule has 3 aromatic rings. The van der Waals surface area contributed by atoms with Gasteiger partial charge in [0.15, 0.2) is 5.11 Å². The van der Waals surface area contributed by atoms with Crippen molar-refractivity contribution in [3.8, 4) is 0 Å². The molecule has 1 aromatic heterocycles. The second-order valence-corrected chi connectivity index (χ2v) is 13.7. The van der Waals surface area contributed by atoms with Crippen LogP contribution in [0, 0.1) is 0 Å².